The second-order valence-corrected chi connectivity index (χ2v) is 6.47. The zero-order valence-corrected chi connectivity index (χ0v) is 17.0. The number of hydrogen-bond acceptors (Lipinski definition) is 14. The number of aromatic carboxylic acids is 1. The predicted octanol–water partition coefficient (Wildman–Crippen LogP) is -1.57. The van der Waals surface area contributed by atoms with E-state index in [0.717, 1.165) is 0 Å². The third kappa shape index (κ3) is 8.85. The van der Waals surface area contributed by atoms with Gasteiger partial charge in [0.2, 0.25) is 5.75 Å². The van der Waals surface area contributed by atoms with Crippen molar-refractivity contribution in [2.75, 3.05) is 33.0 Å². The molecular weight excluding hydrogens is 456 g/mol. The van der Waals surface area contributed by atoms with Crippen LogP contribution in [0.2, 0.25) is 0 Å². The molecule has 0 aliphatic carbocycles. The Kier molecular flexibility index (Phi) is 10.9. The summed E-state index contributed by atoms with van der Waals surface area (Å²) in [5.41, 5.74) is -1.17. The first kappa shape index (κ1) is 27.5. The number of carbonyl (C=O) groups is 3. The lowest BCUT2D eigenvalue weighted by Gasteiger charge is -2.20. The number of aliphatic hydroxyl groups is 4. The van der Waals surface area contributed by atoms with Gasteiger partial charge in [-0.2, -0.15) is 0 Å². The van der Waals surface area contributed by atoms with E-state index in [2.05, 4.69) is 9.47 Å². The number of carbonyl (C=O) groups excluding carboxylic acids is 2. The van der Waals surface area contributed by atoms with Crippen molar-refractivity contribution in [2.45, 2.75) is 24.7 Å². The molecule has 15 heteroatoms. The van der Waals surface area contributed by atoms with Crippen LogP contribution in [-0.4, -0.2) is 110 Å². The molecule has 1 aromatic rings. The van der Waals surface area contributed by atoms with Gasteiger partial charge in [0.1, 0.15) is 38.1 Å². The van der Waals surface area contributed by atoms with Crippen LogP contribution in [0.15, 0.2) is 6.07 Å². The summed E-state index contributed by atoms with van der Waals surface area (Å²) in [6, 6.07) is 0.630. The number of phenols is 3. The summed E-state index contributed by atoms with van der Waals surface area (Å²) in [6.45, 7) is -3.53. The Morgan fingerprint density at radius 3 is 1.85 bits per heavy atom. The summed E-state index contributed by atoms with van der Waals surface area (Å²) in [5.74, 6) is -4.66. The molecule has 1 aromatic carbocycles. The van der Waals surface area contributed by atoms with Gasteiger partial charge in [0, 0.05) is 12.0 Å². The predicted molar refractivity (Wildman–Crippen MR) is 102 cm³/mol. The number of aliphatic hydroxyl groups excluding tert-OH is 4. The lowest BCUT2D eigenvalue weighted by molar-refractivity contribution is -0.0397. The number of carboxylic acid groups (broad SMARTS) is 1. The fourth-order valence-corrected chi connectivity index (χ4v) is 2.25. The average molecular weight is 480 g/mol. The van der Waals surface area contributed by atoms with Crippen LogP contribution in [0.3, 0.4) is 0 Å². The van der Waals surface area contributed by atoms with Crippen LogP contribution in [0.4, 0.5) is 9.59 Å². The topological polar surface area (TPSA) is 250 Å². The molecule has 0 bridgehead atoms. The third-order valence-electron chi connectivity index (χ3n) is 3.88. The Bertz CT molecular complexity index is 824. The lowest BCUT2D eigenvalue weighted by Crippen LogP contribution is -2.31. The van der Waals surface area contributed by atoms with Gasteiger partial charge in [-0.05, 0) is 6.07 Å². The average Bonchev–Trinajstić information content (AvgIpc) is 2.78. The molecule has 0 radical (unpaired) electrons. The summed E-state index contributed by atoms with van der Waals surface area (Å²) in [6.07, 6.45) is -7.82. The van der Waals surface area contributed by atoms with Gasteiger partial charge in [0.05, 0.1) is 18.8 Å². The van der Waals surface area contributed by atoms with E-state index in [9.17, 15) is 39.9 Å². The van der Waals surface area contributed by atoms with Gasteiger partial charge in [0.25, 0.3) is 0 Å². The molecule has 0 aliphatic rings. The highest BCUT2D eigenvalue weighted by Crippen LogP contribution is 2.40. The van der Waals surface area contributed by atoms with Crippen LogP contribution in [0.5, 0.6) is 17.2 Å². The van der Waals surface area contributed by atoms with E-state index in [1.54, 1.807) is 0 Å². The Balaban J connectivity index is 3.03. The van der Waals surface area contributed by atoms with Crippen LogP contribution < -0.4 is 0 Å². The molecule has 0 spiro atoms. The molecule has 0 saturated carbocycles. The van der Waals surface area contributed by atoms with Crippen molar-refractivity contribution in [1.82, 2.24) is 0 Å². The molecule has 0 heterocycles. The second-order valence-electron chi connectivity index (χ2n) is 6.47. The number of carboxylic acids is 1. The van der Waals surface area contributed by atoms with E-state index in [1.807, 2.05) is 0 Å². The zero-order chi connectivity index (χ0) is 25.1. The van der Waals surface area contributed by atoms with Gasteiger partial charge < -0.3 is 59.8 Å². The molecular formula is C18H24O15. The van der Waals surface area contributed by atoms with Crippen molar-refractivity contribution in [3.63, 3.8) is 0 Å². The Hall–Kier alpha value is -3.53. The highest BCUT2D eigenvalue weighted by Gasteiger charge is 2.27. The molecule has 8 N–H and O–H groups in total. The number of rotatable bonds is 12. The summed E-state index contributed by atoms with van der Waals surface area (Å²) in [7, 11) is 0. The highest BCUT2D eigenvalue weighted by molar-refractivity contribution is 5.91. The van der Waals surface area contributed by atoms with Gasteiger partial charge in [-0.1, -0.05) is 0 Å². The summed E-state index contributed by atoms with van der Waals surface area (Å²) in [4.78, 5) is 34.9. The fourth-order valence-electron chi connectivity index (χ4n) is 2.25. The van der Waals surface area contributed by atoms with E-state index in [4.69, 9.17) is 24.8 Å². The summed E-state index contributed by atoms with van der Waals surface area (Å²) in [5, 5.41) is 74.4. The highest BCUT2D eigenvalue weighted by atomic mass is 16.8. The quantitative estimate of drug-likeness (QED) is 0.124. The van der Waals surface area contributed by atoms with Crippen LogP contribution >= 0.6 is 0 Å². The largest absolute Gasteiger partial charge is 0.508 e. The van der Waals surface area contributed by atoms with Crippen molar-refractivity contribution in [1.29, 1.82) is 0 Å². The lowest BCUT2D eigenvalue weighted by atomic mass is 9.99. The molecule has 0 saturated heterocycles. The Morgan fingerprint density at radius 1 is 0.818 bits per heavy atom. The van der Waals surface area contributed by atoms with Crippen LogP contribution in [0, 0.1) is 0 Å². The van der Waals surface area contributed by atoms with Crippen molar-refractivity contribution >= 4 is 18.3 Å². The van der Waals surface area contributed by atoms with Gasteiger partial charge in [0.15, 0.2) is 11.5 Å². The molecule has 3 unspecified atom stereocenters. The smallest absolute Gasteiger partial charge is 0.504 e. The number of hydrogen-bond donors (Lipinski definition) is 8. The number of phenolic OH excluding ortho intramolecular Hbond substituents is 3. The van der Waals surface area contributed by atoms with Gasteiger partial charge in [-0.25, -0.2) is 14.4 Å². The Morgan fingerprint density at radius 2 is 1.33 bits per heavy atom. The minimum atomic E-state index is -1.62. The van der Waals surface area contributed by atoms with E-state index < -0.39 is 104 Å². The van der Waals surface area contributed by atoms with E-state index in [1.165, 1.54) is 0 Å². The zero-order valence-electron chi connectivity index (χ0n) is 17.0. The maximum atomic E-state index is 11.8. The van der Waals surface area contributed by atoms with Crippen LogP contribution in [0.1, 0.15) is 15.9 Å². The number of ether oxygens (including phenoxy) is 4. The maximum Gasteiger partial charge on any atom is 0.508 e. The summed E-state index contributed by atoms with van der Waals surface area (Å²) >= 11 is 0. The Labute approximate surface area is 185 Å². The molecule has 1 rings (SSSR count). The summed E-state index contributed by atoms with van der Waals surface area (Å²) < 4.78 is 18.6. The van der Waals surface area contributed by atoms with E-state index in [-0.39, 0.29) is 0 Å². The minimum Gasteiger partial charge on any atom is -0.504 e. The molecule has 0 aliphatic heterocycles. The minimum absolute atomic E-state index is 0.501. The molecule has 3 atom stereocenters. The molecule has 186 valence electrons. The second kappa shape index (κ2) is 13.1. The SMILES string of the molecule is O=C(OCC(O)CO)OCC(Cc1c(C(=O)O)cc(O)c(O)c1O)OC(=O)OCC(O)CO. The van der Waals surface area contributed by atoms with Crippen molar-refractivity contribution in [3.05, 3.63) is 17.2 Å². The third-order valence-corrected chi connectivity index (χ3v) is 3.88. The maximum absolute atomic E-state index is 11.8. The normalized spacial score (nSPS) is 13.5. The van der Waals surface area contributed by atoms with Crippen molar-refractivity contribution < 1.29 is 74.2 Å². The first-order valence-corrected chi connectivity index (χ1v) is 9.20. The molecule has 0 aromatic heterocycles. The fraction of sp³-hybridized carbons (Fsp3) is 0.500. The van der Waals surface area contributed by atoms with Crippen LogP contribution in [0.25, 0.3) is 0 Å². The molecule has 0 amide bonds. The van der Waals surface area contributed by atoms with E-state index in [0.29, 0.717) is 6.07 Å². The van der Waals surface area contributed by atoms with Gasteiger partial charge in [-0.3, -0.25) is 0 Å². The van der Waals surface area contributed by atoms with Gasteiger partial charge >= 0.3 is 18.3 Å². The van der Waals surface area contributed by atoms with E-state index >= 15 is 0 Å². The first-order valence-electron chi connectivity index (χ1n) is 9.20. The number of benzene rings is 1. The molecule has 0 fully saturated rings. The first-order chi connectivity index (χ1) is 15.5. The standard InChI is InChI=1S/C18H24O15/c19-3-8(21)5-30-17(28)32-7-10(33-18(29)31-6-9(22)4-20)1-11-12(16(26)27)2-13(23)15(25)14(11)24/h2,8-10,19-25H,1,3-7H2,(H,26,27). The van der Waals surface area contributed by atoms with Crippen LogP contribution in [-0.2, 0) is 25.4 Å². The molecule has 15 nitrogen and oxygen atoms in total. The van der Waals surface area contributed by atoms with Crippen molar-refractivity contribution in [2.24, 2.45) is 0 Å². The number of aromatic hydroxyl groups is 3. The molecule has 33 heavy (non-hydrogen) atoms. The monoisotopic (exact) mass is 480 g/mol. The van der Waals surface area contributed by atoms with Gasteiger partial charge in [-0.15, -0.1) is 0 Å². The van der Waals surface area contributed by atoms with Crippen molar-refractivity contribution in [3.8, 4) is 17.2 Å².